The first kappa shape index (κ1) is 19.3. The Balaban J connectivity index is 1.54. The summed E-state index contributed by atoms with van der Waals surface area (Å²) in [5.74, 6) is 1.77. The number of para-hydroxylation sites is 1. The van der Waals surface area contributed by atoms with E-state index in [1.54, 1.807) is 4.52 Å². The summed E-state index contributed by atoms with van der Waals surface area (Å²) in [6, 6.07) is 9.72. The largest absolute Gasteiger partial charge is 0.483 e. The highest BCUT2D eigenvalue weighted by molar-refractivity contribution is 7.88. The first-order valence-electron chi connectivity index (χ1n) is 9.34. The zero-order chi connectivity index (χ0) is 19.7. The minimum absolute atomic E-state index is 0.144. The van der Waals surface area contributed by atoms with E-state index in [2.05, 4.69) is 17.1 Å². The van der Waals surface area contributed by atoms with Crippen molar-refractivity contribution in [3.8, 4) is 5.75 Å². The van der Waals surface area contributed by atoms with Crippen molar-refractivity contribution < 1.29 is 13.2 Å². The molecular weight excluding hydrogens is 398 g/mol. The van der Waals surface area contributed by atoms with E-state index in [0.29, 0.717) is 13.1 Å². The standard InChI is InChI=1S/C18H23N5O3S2/c1-3-15(26-14-7-5-4-6-8-14)17-21-23-16(19-20-18(23)27-17)13-9-11-22(12-10-13)28(2,24)25/h4-8,13,15H,3,9-12H2,1-2H3. The minimum atomic E-state index is -3.14. The van der Waals surface area contributed by atoms with E-state index in [1.165, 1.54) is 21.9 Å². The predicted molar refractivity (Wildman–Crippen MR) is 107 cm³/mol. The van der Waals surface area contributed by atoms with E-state index in [1.807, 2.05) is 30.3 Å². The Labute approximate surface area is 168 Å². The lowest BCUT2D eigenvalue weighted by molar-refractivity contribution is 0.199. The highest BCUT2D eigenvalue weighted by atomic mass is 32.2. The van der Waals surface area contributed by atoms with Gasteiger partial charge in [0, 0.05) is 19.0 Å². The second-order valence-electron chi connectivity index (χ2n) is 6.96. The zero-order valence-corrected chi connectivity index (χ0v) is 17.5. The van der Waals surface area contributed by atoms with Gasteiger partial charge in [0.1, 0.15) is 5.75 Å². The molecule has 1 aliphatic rings. The zero-order valence-electron chi connectivity index (χ0n) is 15.9. The Morgan fingerprint density at radius 2 is 1.93 bits per heavy atom. The minimum Gasteiger partial charge on any atom is -0.483 e. The molecule has 0 amide bonds. The molecule has 0 N–H and O–H groups in total. The summed E-state index contributed by atoms with van der Waals surface area (Å²) >= 11 is 1.49. The summed E-state index contributed by atoms with van der Waals surface area (Å²) < 4.78 is 32.9. The van der Waals surface area contributed by atoms with Gasteiger partial charge in [0.15, 0.2) is 16.9 Å². The molecule has 0 spiro atoms. The van der Waals surface area contributed by atoms with Gasteiger partial charge in [0.25, 0.3) is 0 Å². The lowest BCUT2D eigenvalue weighted by Gasteiger charge is -2.28. The fraction of sp³-hybridized carbons (Fsp3) is 0.500. The normalized spacial score (nSPS) is 17.8. The van der Waals surface area contributed by atoms with Gasteiger partial charge in [-0.1, -0.05) is 36.5 Å². The second-order valence-corrected chi connectivity index (χ2v) is 9.93. The highest BCUT2D eigenvalue weighted by Gasteiger charge is 2.30. The average molecular weight is 422 g/mol. The number of nitrogens with zero attached hydrogens (tertiary/aromatic N) is 5. The van der Waals surface area contributed by atoms with Crippen molar-refractivity contribution in [1.29, 1.82) is 0 Å². The third-order valence-electron chi connectivity index (χ3n) is 4.99. The first-order chi connectivity index (χ1) is 13.5. The van der Waals surface area contributed by atoms with Crippen molar-refractivity contribution in [2.24, 2.45) is 0 Å². The lowest BCUT2D eigenvalue weighted by Crippen LogP contribution is -2.37. The van der Waals surface area contributed by atoms with Crippen molar-refractivity contribution in [3.05, 3.63) is 41.2 Å². The van der Waals surface area contributed by atoms with Crippen LogP contribution in [-0.2, 0) is 10.0 Å². The van der Waals surface area contributed by atoms with E-state index in [9.17, 15) is 8.42 Å². The Kier molecular flexibility index (Phi) is 5.35. The van der Waals surface area contributed by atoms with Crippen LogP contribution in [0.3, 0.4) is 0 Å². The van der Waals surface area contributed by atoms with E-state index in [-0.39, 0.29) is 12.0 Å². The Morgan fingerprint density at radius 1 is 1.21 bits per heavy atom. The summed E-state index contributed by atoms with van der Waals surface area (Å²) in [6.07, 6.45) is 3.35. The van der Waals surface area contributed by atoms with E-state index >= 15 is 0 Å². The SMILES string of the molecule is CCC(Oc1ccccc1)c1nn2c(C3CCN(S(C)(=O)=O)CC3)nnc2s1. The molecule has 8 nitrogen and oxygen atoms in total. The van der Waals surface area contributed by atoms with Crippen LogP contribution in [0, 0.1) is 0 Å². The van der Waals surface area contributed by atoms with Gasteiger partial charge in [0.2, 0.25) is 15.0 Å². The first-order valence-corrected chi connectivity index (χ1v) is 12.0. The van der Waals surface area contributed by atoms with Gasteiger partial charge in [-0.25, -0.2) is 12.7 Å². The predicted octanol–water partition coefficient (Wildman–Crippen LogP) is 2.85. The molecule has 1 fully saturated rings. The van der Waals surface area contributed by atoms with Crippen molar-refractivity contribution >= 4 is 26.3 Å². The fourth-order valence-corrected chi connectivity index (χ4v) is 5.28. The van der Waals surface area contributed by atoms with Crippen LogP contribution < -0.4 is 4.74 Å². The topological polar surface area (TPSA) is 89.7 Å². The van der Waals surface area contributed by atoms with Crippen LogP contribution in [-0.4, -0.2) is 51.9 Å². The highest BCUT2D eigenvalue weighted by Crippen LogP contribution is 2.32. The van der Waals surface area contributed by atoms with Gasteiger partial charge in [-0.15, -0.1) is 10.2 Å². The van der Waals surface area contributed by atoms with Crippen LogP contribution in [0.15, 0.2) is 30.3 Å². The molecule has 10 heteroatoms. The van der Waals surface area contributed by atoms with E-state index in [0.717, 1.165) is 40.8 Å². The Morgan fingerprint density at radius 3 is 2.57 bits per heavy atom. The quantitative estimate of drug-likeness (QED) is 0.608. The van der Waals surface area contributed by atoms with Gasteiger partial charge < -0.3 is 4.74 Å². The van der Waals surface area contributed by atoms with Crippen LogP contribution in [0.2, 0.25) is 0 Å². The number of hydrogen-bond donors (Lipinski definition) is 0. The van der Waals surface area contributed by atoms with E-state index in [4.69, 9.17) is 9.84 Å². The third-order valence-corrected chi connectivity index (χ3v) is 7.28. The molecule has 1 atom stereocenters. The Hall–Kier alpha value is -2.04. The van der Waals surface area contributed by atoms with Crippen LogP contribution in [0.1, 0.15) is 49.0 Å². The summed E-state index contributed by atoms with van der Waals surface area (Å²) in [4.78, 5) is 0.741. The fourth-order valence-electron chi connectivity index (χ4n) is 3.45. The van der Waals surface area contributed by atoms with Crippen LogP contribution in [0.4, 0.5) is 0 Å². The van der Waals surface area contributed by atoms with Crippen molar-refractivity contribution in [1.82, 2.24) is 24.1 Å². The number of aromatic nitrogens is 4. The van der Waals surface area contributed by atoms with Crippen molar-refractivity contribution in [3.63, 3.8) is 0 Å². The van der Waals surface area contributed by atoms with Crippen LogP contribution >= 0.6 is 11.3 Å². The van der Waals surface area contributed by atoms with Gasteiger partial charge in [-0.2, -0.15) is 9.61 Å². The molecular formula is C18H23N5O3S2. The van der Waals surface area contributed by atoms with Gasteiger partial charge >= 0.3 is 0 Å². The van der Waals surface area contributed by atoms with Crippen LogP contribution in [0.25, 0.3) is 4.96 Å². The molecule has 0 radical (unpaired) electrons. The monoisotopic (exact) mass is 421 g/mol. The van der Waals surface area contributed by atoms with Crippen LogP contribution in [0.5, 0.6) is 5.75 Å². The lowest BCUT2D eigenvalue weighted by atomic mass is 9.97. The number of ether oxygens (including phenoxy) is 1. The molecule has 4 rings (SSSR count). The van der Waals surface area contributed by atoms with Gasteiger partial charge in [-0.05, 0) is 31.4 Å². The number of sulfonamides is 1. The van der Waals surface area contributed by atoms with Crippen molar-refractivity contribution in [2.75, 3.05) is 19.3 Å². The van der Waals surface area contributed by atoms with Gasteiger partial charge in [-0.3, -0.25) is 0 Å². The number of hydrogen-bond acceptors (Lipinski definition) is 7. The number of benzene rings is 1. The molecule has 150 valence electrons. The summed E-state index contributed by atoms with van der Waals surface area (Å²) in [5.41, 5.74) is 0. The summed E-state index contributed by atoms with van der Waals surface area (Å²) in [7, 11) is -3.14. The molecule has 0 aliphatic carbocycles. The van der Waals surface area contributed by atoms with E-state index < -0.39 is 10.0 Å². The molecule has 1 aromatic carbocycles. The maximum Gasteiger partial charge on any atom is 0.234 e. The molecule has 1 saturated heterocycles. The maximum atomic E-state index is 11.7. The third kappa shape index (κ3) is 3.89. The van der Waals surface area contributed by atoms with Crippen molar-refractivity contribution in [2.45, 2.75) is 38.2 Å². The molecule has 28 heavy (non-hydrogen) atoms. The summed E-state index contributed by atoms with van der Waals surface area (Å²) in [5, 5.41) is 14.2. The maximum absolute atomic E-state index is 11.7. The number of fused-ring (bicyclic) bond motifs is 1. The molecule has 2 aromatic heterocycles. The molecule has 0 saturated carbocycles. The molecule has 1 aliphatic heterocycles. The molecule has 0 bridgehead atoms. The van der Waals surface area contributed by atoms with Gasteiger partial charge in [0.05, 0.1) is 6.26 Å². The smallest absolute Gasteiger partial charge is 0.234 e. The number of piperidine rings is 1. The molecule has 1 unspecified atom stereocenters. The molecule has 3 heterocycles. The average Bonchev–Trinajstić information content (AvgIpc) is 3.27. The Bertz CT molecular complexity index is 1040. The number of rotatable bonds is 6. The second kappa shape index (κ2) is 7.76. The molecule has 3 aromatic rings. The summed E-state index contributed by atoms with van der Waals surface area (Å²) in [6.45, 7) is 3.08.